The average Bonchev–Trinajstić information content (AvgIpc) is 2.70. The predicted molar refractivity (Wildman–Crippen MR) is 104 cm³/mol. The molecule has 6 nitrogen and oxygen atoms in total. The van der Waals surface area contributed by atoms with Crippen LogP contribution in [0.5, 0.6) is 11.5 Å². The summed E-state index contributed by atoms with van der Waals surface area (Å²) >= 11 is 0. The monoisotopic (exact) mass is 364 g/mol. The Morgan fingerprint density at radius 1 is 0.963 bits per heavy atom. The predicted octanol–water partition coefficient (Wildman–Crippen LogP) is 3.17. The highest BCUT2D eigenvalue weighted by Gasteiger charge is 2.09. The van der Waals surface area contributed by atoms with Crippen LogP contribution in [-0.2, 0) is 6.54 Å². The van der Waals surface area contributed by atoms with Crippen LogP contribution in [0.4, 0.5) is 5.69 Å². The number of pyridine rings is 1. The topological polar surface area (TPSA) is 69.6 Å². The van der Waals surface area contributed by atoms with Gasteiger partial charge in [-0.05, 0) is 35.9 Å². The molecule has 0 saturated carbocycles. The minimum Gasteiger partial charge on any atom is -0.497 e. The molecule has 1 N–H and O–H groups in total. The number of methoxy groups -OCH3 is 2. The Balaban J connectivity index is 1.79. The molecule has 0 spiro atoms. The Labute approximate surface area is 157 Å². The summed E-state index contributed by atoms with van der Waals surface area (Å²) in [5.74, 6) is 1.10. The van der Waals surface area contributed by atoms with Gasteiger partial charge in [-0.1, -0.05) is 18.2 Å². The van der Waals surface area contributed by atoms with Crippen LogP contribution in [0, 0.1) is 0 Å². The van der Waals surface area contributed by atoms with Crippen LogP contribution >= 0.6 is 0 Å². The van der Waals surface area contributed by atoms with E-state index in [9.17, 15) is 9.59 Å². The van der Waals surface area contributed by atoms with Gasteiger partial charge in [-0.3, -0.25) is 9.59 Å². The Morgan fingerprint density at radius 2 is 1.70 bits per heavy atom. The van der Waals surface area contributed by atoms with Gasteiger partial charge in [-0.2, -0.15) is 0 Å². The van der Waals surface area contributed by atoms with Gasteiger partial charge >= 0.3 is 0 Å². The summed E-state index contributed by atoms with van der Waals surface area (Å²) in [7, 11) is 3.17. The molecule has 0 atom stereocenters. The molecular weight excluding hydrogens is 344 g/mol. The van der Waals surface area contributed by atoms with Crippen LogP contribution in [-0.4, -0.2) is 24.7 Å². The summed E-state index contributed by atoms with van der Waals surface area (Å²) in [6, 6.07) is 17.4. The van der Waals surface area contributed by atoms with Crippen molar-refractivity contribution in [1.29, 1.82) is 0 Å². The van der Waals surface area contributed by atoms with E-state index in [1.165, 1.54) is 16.7 Å². The molecule has 27 heavy (non-hydrogen) atoms. The molecule has 0 unspecified atom stereocenters. The number of aromatic nitrogens is 1. The zero-order chi connectivity index (χ0) is 19.2. The number of carbonyl (C=O) groups excluding carboxylic acids is 1. The maximum Gasteiger partial charge on any atom is 0.257 e. The zero-order valence-electron chi connectivity index (χ0n) is 15.1. The first-order chi connectivity index (χ1) is 13.1. The quantitative estimate of drug-likeness (QED) is 0.729. The third-order valence-corrected chi connectivity index (χ3v) is 4.09. The molecule has 138 valence electrons. The van der Waals surface area contributed by atoms with E-state index >= 15 is 0 Å². The maximum absolute atomic E-state index is 12.5. The number of rotatable bonds is 6. The molecule has 1 aromatic heterocycles. The second-order valence-electron chi connectivity index (χ2n) is 5.92. The molecule has 3 aromatic rings. The molecule has 2 aromatic carbocycles. The molecule has 1 amide bonds. The van der Waals surface area contributed by atoms with Gasteiger partial charge in [0.2, 0.25) is 0 Å². The zero-order valence-corrected chi connectivity index (χ0v) is 15.1. The van der Waals surface area contributed by atoms with Gasteiger partial charge < -0.3 is 19.4 Å². The van der Waals surface area contributed by atoms with Gasteiger partial charge in [-0.15, -0.1) is 0 Å². The van der Waals surface area contributed by atoms with E-state index in [1.54, 1.807) is 44.7 Å². The van der Waals surface area contributed by atoms with Crippen LogP contribution in [0.1, 0.15) is 15.9 Å². The molecule has 0 fully saturated rings. The Morgan fingerprint density at radius 3 is 2.41 bits per heavy atom. The fourth-order valence-electron chi connectivity index (χ4n) is 2.62. The van der Waals surface area contributed by atoms with Crippen LogP contribution in [0.3, 0.4) is 0 Å². The number of ether oxygens (including phenoxy) is 2. The van der Waals surface area contributed by atoms with Crippen molar-refractivity contribution < 1.29 is 14.3 Å². The standard InChI is InChI=1S/C21H20N2O4/c1-26-18-9-6-15(7-10-18)13-23-14-16(8-11-20(23)24)21(25)22-17-4-3-5-19(12-17)27-2/h3-12,14H,13H2,1-2H3,(H,22,25). The first kappa shape index (κ1) is 18.3. The van der Waals surface area contributed by atoms with Gasteiger partial charge in [0.25, 0.3) is 11.5 Å². The molecule has 3 rings (SSSR count). The lowest BCUT2D eigenvalue weighted by molar-refractivity contribution is 0.102. The third-order valence-electron chi connectivity index (χ3n) is 4.09. The number of benzene rings is 2. The largest absolute Gasteiger partial charge is 0.497 e. The van der Waals surface area contributed by atoms with Crippen molar-refractivity contribution >= 4 is 11.6 Å². The lowest BCUT2D eigenvalue weighted by atomic mass is 10.2. The lowest BCUT2D eigenvalue weighted by Gasteiger charge is -2.10. The number of nitrogens with one attached hydrogen (secondary N) is 1. The van der Waals surface area contributed by atoms with E-state index < -0.39 is 0 Å². The molecule has 0 aliphatic carbocycles. The SMILES string of the molecule is COc1ccc(Cn2cc(C(=O)Nc3cccc(OC)c3)ccc2=O)cc1. The number of hydrogen-bond donors (Lipinski definition) is 1. The molecule has 0 bridgehead atoms. The lowest BCUT2D eigenvalue weighted by Crippen LogP contribution is -2.22. The van der Waals surface area contributed by atoms with Crippen molar-refractivity contribution in [2.45, 2.75) is 6.54 Å². The summed E-state index contributed by atoms with van der Waals surface area (Å²) in [6.45, 7) is 0.364. The summed E-state index contributed by atoms with van der Waals surface area (Å²) in [6.07, 6.45) is 1.56. The van der Waals surface area contributed by atoms with Crippen molar-refractivity contribution in [3.8, 4) is 11.5 Å². The van der Waals surface area contributed by atoms with Gasteiger partial charge in [-0.25, -0.2) is 0 Å². The van der Waals surface area contributed by atoms with Crippen LogP contribution in [0.2, 0.25) is 0 Å². The average molecular weight is 364 g/mol. The summed E-state index contributed by atoms with van der Waals surface area (Å²) in [5.41, 5.74) is 1.77. The van der Waals surface area contributed by atoms with Gasteiger partial charge in [0.05, 0.1) is 26.3 Å². The van der Waals surface area contributed by atoms with Crippen LogP contribution < -0.4 is 20.3 Å². The maximum atomic E-state index is 12.5. The molecule has 0 aliphatic heterocycles. The molecule has 1 heterocycles. The number of hydrogen-bond acceptors (Lipinski definition) is 4. The first-order valence-corrected chi connectivity index (χ1v) is 8.38. The highest BCUT2D eigenvalue weighted by molar-refractivity contribution is 6.04. The first-order valence-electron chi connectivity index (χ1n) is 8.38. The Kier molecular flexibility index (Phi) is 5.56. The van der Waals surface area contributed by atoms with E-state index in [-0.39, 0.29) is 11.5 Å². The molecular formula is C21H20N2O4. The van der Waals surface area contributed by atoms with Gasteiger partial charge in [0, 0.05) is 24.0 Å². The molecule has 0 saturated heterocycles. The fourth-order valence-corrected chi connectivity index (χ4v) is 2.62. The van der Waals surface area contributed by atoms with Crippen LogP contribution in [0.25, 0.3) is 0 Å². The summed E-state index contributed by atoms with van der Waals surface area (Å²) < 4.78 is 11.8. The molecule has 6 heteroatoms. The Hall–Kier alpha value is -3.54. The number of nitrogens with zero attached hydrogens (tertiary/aromatic N) is 1. The van der Waals surface area contributed by atoms with Crippen molar-refractivity contribution in [2.75, 3.05) is 19.5 Å². The normalized spacial score (nSPS) is 10.3. The van der Waals surface area contributed by atoms with E-state index in [2.05, 4.69) is 5.32 Å². The second-order valence-corrected chi connectivity index (χ2v) is 5.92. The smallest absolute Gasteiger partial charge is 0.257 e. The number of carbonyl (C=O) groups is 1. The van der Waals surface area contributed by atoms with E-state index in [0.717, 1.165) is 11.3 Å². The van der Waals surface area contributed by atoms with Crippen molar-refractivity contribution in [3.05, 3.63) is 88.3 Å². The minimum absolute atomic E-state index is 0.177. The Bertz CT molecular complexity index is 994. The number of anilines is 1. The van der Waals surface area contributed by atoms with Gasteiger partial charge in [0.15, 0.2) is 0 Å². The summed E-state index contributed by atoms with van der Waals surface area (Å²) in [5, 5.41) is 2.81. The highest BCUT2D eigenvalue weighted by Crippen LogP contribution is 2.17. The van der Waals surface area contributed by atoms with Crippen molar-refractivity contribution in [3.63, 3.8) is 0 Å². The van der Waals surface area contributed by atoms with E-state index in [0.29, 0.717) is 23.5 Å². The third kappa shape index (κ3) is 4.55. The highest BCUT2D eigenvalue weighted by atomic mass is 16.5. The van der Waals surface area contributed by atoms with Gasteiger partial charge in [0.1, 0.15) is 11.5 Å². The van der Waals surface area contributed by atoms with E-state index in [1.807, 2.05) is 24.3 Å². The fraction of sp³-hybridized carbons (Fsp3) is 0.143. The molecule has 0 aliphatic rings. The van der Waals surface area contributed by atoms with Crippen LogP contribution in [0.15, 0.2) is 71.7 Å². The second kappa shape index (κ2) is 8.23. The van der Waals surface area contributed by atoms with Crippen molar-refractivity contribution in [2.24, 2.45) is 0 Å². The summed E-state index contributed by atoms with van der Waals surface area (Å²) in [4.78, 5) is 24.7. The number of amides is 1. The van der Waals surface area contributed by atoms with Crippen molar-refractivity contribution in [1.82, 2.24) is 4.57 Å². The molecule has 0 radical (unpaired) electrons. The minimum atomic E-state index is -0.299. The van der Waals surface area contributed by atoms with E-state index in [4.69, 9.17) is 9.47 Å².